The van der Waals surface area contributed by atoms with Gasteiger partial charge < -0.3 is 15.0 Å². The Kier molecular flexibility index (Phi) is 7.07. The molecule has 0 atom stereocenters. The second kappa shape index (κ2) is 10.9. The standard InChI is InChI=1S/C29H28N4O3/c34-28(32-17-8-3-9-18-32)23-13-10-14-24(19-23)31-27-26(36-25-15-6-2-7-16-25)20-30-33(29(27)35)21-22-11-4-1-5-12-22/h1-2,4-7,10-16,19-20,31H,3,8-9,17-18,21H2. The molecule has 36 heavy (non-hydrogen) atoms. The van der Waals surface area contributed by atoms with Crippen molar-refractivity contribution in [3.63, 3.8) is 0 Å². The molecule has 0 aliphatic carbocycles. The number of benzene rings is 3. The molecule has 0 radical (unpaired) electrons. The first-order chi connectivity index (χ1) is 17.7. The highest BCUT2D eigenvalue weighted by Crippen LogP contribution is 2.29. The summed E-state index contributed by atoms with van der Waals surface area (Å²) in [5.74, 6) is 0.912. The number of nitrogens with zero attached hydrogens (tertiary/aromatic N) is 3. The van der Waals surface area contributed by atoms with Gasteiger partial charge in [-0.25, -0.2) is 4.68 Å². The van der Waals surface area contributed by atoms with Crippen LogP contribution in [-0.4, -0.2) is 33.7 Å². The molecule has 4 aromatic rings. The van der Waals surface area contributed by atoms with Gasteiger partial charge >= 0.3 is 0 Å². The molecule has 5 rings (SSSR count). The zero-order chi connectivity index (χ0) is 24.7. The van der Waals surface area contributed by atoms with Gasteiger partial charge in [0.15, 0.2) is 11.4 Å². The maximum atomic E-state index is 13.5. The number of para-hydroxylation sites is 1. The number of likely N-dealkylation sites (tertiary alicyclic amines) is 1. The van der Waals surface area contributed by atoms with Crippen molar-refractivity contribution in [2.45, 2.75) is 25.8 Å². The number of anilines is 2. The van der Waals surface area contributed by atoms with E-state index in [1.54, 1.807) is 12.3 Å². The first-order valence-electron chi connectivity index (χ1n) is 12.2. The van der Waals surface area contributed by atoms with Gasteiger partial charge in [-0.05, 0) is 55.2 Å². The summed E-state index contributed by atoms with van der Waals surface area (Å²) in [6, 6.07) is 26.2. The lowest BCUT2D eigenvalue weighted by molar-refractivity contribution is 0.0724. The molecular weight excluding hydrogens is 452 g/mol. The molecular formula is C29H28N4O3. The van der Waals surface area contributed by atoms with Crippen molar-refractivity contribution >= 4 is 17.3 Å². The van der Waals surface area contributed by atoms with Crippen molar-refractivity contribution in [1.82, 2.24) is 14.7 Å². The van der Waals surface area contributed by atoms with Gasteiger partial charge in [0.05, 0.1) is 12.7 Å². The average Bonchev–Trinajstić information content (AvgIpc) is 2.93. The molecule has 1 aliphatic rings. The normalized spacial score (nSPS) is 13.3. The smallest absolute Gasteiger partial charge is 0.294 e. The minimum Gasteiger partial charge on any atom is -0.453 e. The maximum Gasteiger partial charge on any atom is 0.294 e. The van der Waals surface area contributed by atoms with Crippen molar-refractivity contribution in [3.8, 4) is 11.5 Å². The fraction of sp³-hybridized carbons (Fsp3) is 0.207. The Bertz CT molecular complexity index is 1380. The van der Waals surface area contributed by atoms with Crippen LogP contribution in [0.5, 0.6) is 11.5 Å². The van der Waals surface area contributed by atoms with Crippen LogP contribution in [0.3, 0.4) is 0 Å². The van der Waals surface area contributed by atoms with E-state index in [1.165, 1.54) is 4.68 Å². The summed E-state index contributed by atoms with van der Waals surface area (Å²) in [7, 11) is 0. The third-order valence-corrected chi connectivity index (χ3v) is 6.18. The van der Waals surface area contributed by atoms with Gasteiger partial charge in [0, 0.05) is 24.3 Å². The number of piperidine rings is 1. The van der Waals surface area contributed by atoms with E-state index < -0.39 is 0 Å². The Balaban J connectivity index is 1.47. The number of amides is 1. The number of carbonyl (C=O) groups excluding carboxylic acids is 1. The van der Waals surface area contributed by atoms with E-state index in [0.29, 0.717) is 29.3 Å². The molecule has 0 bridgehead atoms. The Labute approximate surface area is 210 Å². The van der Waals surface area contributed by atoms with Gasteiger partial charge in [-0.3, -0.25) is 9.59 Å². The van der Waals surface area contributed by atoms with Crippen LogP contribution in [0.4, 0.5) is 11.4 Å². The number of ether oxygens (including phenoxy) is 1. The van der Waals surface area contributed by atoms with Crippen LogP contribution < -0.4 is 15.6 Å². The Morgan fingerprint density at radius 1 is 0.889 bits per heavy atom. The van der Waals surface area contributed by atoms with Gasteiger partial charge in [-0.2, -0.15) is 5.10 Å². The second-order valence-corrected chi connectivity index (χ2v) is 8.81. The largest absolute Gasteiger partial charge is 0.453 e. The van der Waals surface area contributed by atoms with E-state index in [0.717, 1.165) is 37.9 Å². The van der Waals surface area contributed by atoms with Crippen LogP contribution in [0.25, 0.3) is 0 Å². The van der Waals surface area contributed by atoms with Crippen LogP contribution in [0.15, 0.2) is 95.9 Å². The Morgan fingerprint density at radius 2 is 1.61 bits per heavy atom. The van der Waals surface area contributed by atoms with E-state index in [9.17, 15) is 9.59 Å². The minimum atomic E-state index is -0.319. The number of nitrogens with one attached hydrogen (secondary N) is 1. The van der Waals surface area contributed by atoms with Crippen LogP contribution in [0.1, 0.15) is 35.2 Å². The van der Waals surface area contributed by atoms with E-state index in [1.807, 2.05) is 83.8 Å². The zero-order valence-corrected chi connectivity index (χ0v) is 20.0. The monoisotopic (exact) mass is 480 g/mol. The predicted molar refractivity (Wildman–Crippen MR) is 140 cm³/mol. The lowest BCUT2D eigenvalue weighted by Crippen LogP contribution is -2.35. The molecule has 2 heterocycles. The highest BCUT2D eigenvalue weighted by atomic mass is 16.5. The minimum absolute atomic E-state index is 0.00956. The second-order valence-electron chi connectivity index (χ2n) is 8.81. The third kappa shape index (κ3) is 5.46. The zero-order valence-electron chi connectivity index (χ0n) is 20.0. The fourth-order valence-electron chi connectivity index (χ4n) is 4.30. The summed E-state index contributed by atoms with van der Waals surface area (Å²) >= 11 is 0. The number of carbonyl (C=O) groups is 1. The highest BCUT2D eigenvalue weighted by Gasteiger charge is 2.19. The van der Waals surface area contributed by atoms with Crippen LogP contribution >= 0.6 is 0 Å². The number of rotatable bonds is 7. The van der Waals surface area contributed by atoms with E-state index in [2.05, 4.69) is 10.4 Å². The molecule has 0 spiro atoms. The molecule has 7 heteroatoms. The Morgan fingerprint density at radius 3 is 2.36 bits per heavy atom. The van der Waals surface area contributed by atoms with E-state index in [4.69, 9.17) is 4.74 Å². The maximum absolute atomic E-state index is 13.5. The first kappa shape index (κ1) is 23.4. The molecule has 0 unspecified atom stereocenters. The first-order valence-corrected chi connectivity index (χ1v) is 12.2. The van der Waals surface area contributed by atoms with Gasteiger partial charge in [0.1, 0.15) is 5.75 Å². The van der Waals surface area contributed by atoms with Crippen molar-refractivity contribution in [2.24, 2.45) is 0 Å². The molecule has 1 N–H and O–H groups in total. The number of hydrogen-bond donors (Lipinski definition) is 1. The van der Waals surface area contributed by atoms with Gasteiger partial charge in [0.2, 0.25) is 0 Å². The van der Waals surface area contributed by atoms with E-state index in [-0.39, 0.29) is 17.2 Å². The van der Waals surface area contributed by atoms with Crippen molar-refractivity contribution in [1.29, 1.82) is 0 Å². The Hall–Kier alpha value is -4.39. The summed E-state index contributed by atoms with van der Waals surface area (Å²) in [5.41, 5.74) is 2.12. The summed E-state index contributed by atoms with van der Waals surface area (Å²) in [5, 5.41) is 7.57. The molecule has 7 nitrogen and oxygen atoms in total. The SMILES string of the molecule is O=C(c1cccc(Nc2c(Oc3ccccc3)cnn(Cc3ccccc3)c2=O)c1)N1CCCCC1. The molecule has 1 amide bonds. The van der Waals surface area contributed by atoms with Gasteiger partial charge in [-0.15, -0.1) is 0 Å². The molecule has 182 valence electrons. The lowest BCUT2D eigenvalue weighted by Gasteiger charge is -2.26. The van der Waals surface area contributed by atoms with Crippen molar-refractivity contribution in [2.75, 3.05) is 18.4 Å². The molecule has 3 aromatic carbocycles. The predicted octanol–water partition coefficient (Wildman–Crippen LogP) is 5.45. The van der Waals surface area contributed by atoms with Gasteiger partial charge in [-0.1, -0.05) is 54.6 Å². The lowest BCUT2D eigenvalue weighted by atomic mass is 10.1. The summed E-state index contributed by atoms with van der Waals surface area (Å²) < 4.78 is 7.43. The number of aromatic nitrogens is 2. The third-order valence-electron chi connectivity index (χ3n) is 6.18. The van der Waals surface area contributed by atoms with Crippen LogP contribution in [0, 0.1) is 0 Å². The summed E-state index contributed by atoms with van der Waals surface area (Å²) in [4.78, 5) is 28.5. The average molecular weight is 481 g/mol. The molecule has 1 saturated heterocycles. The highest BCUT2D eigenvalue weighted by molar-refractivity contribution is 5.95. The van der Waals surface area contributed by atoms with Crippen LogP contribution in [-0.2, 0) is 6.54 Å². The summed E-state index contributed by atoms with van der Waals surface area (Å²) in [6.07, 6.45) is 4.76. The summed E-state index contributed by atoms with van der Waals surface area (Å²) in [6.45, 7) is 1.88. The molecule has 0 saturated carbocycles. The van der Waals surface area contributed by atoms with E-state index >= 15 is 0 Å². The van der Waals surface area contributed by atoms with Crippen molar-refractivity contribution in [3.05, 3.63) is 113 Å². The number of hydrogen-bond acceptors (Lipinski definition) is 5. The fourth-order valence-corrected chi connectivity index (χ4v) is 4.30. The topological polar surface area (TPSA) is 76.5 Å². The van der Waals surface area contributed by atoms with Gasteiger partial charge in [0.25, 0.3) is 11.5 Å². The molecule has 1 fully saturated rings. The molecule has 1 aromatic heterocycles. The van der Waals surface area contributed by atoms with Crippen molar-refractivity contribution < 1.29 is 9.53 Å². The van der Waals surface area contributed by atoms with Crippen LogP contribution in [0.2, 0.25) is 0 Å². The quantitative estimate of drug-likeness (QED) is 0.380. The molecule has 1 aliphatic heterocycles.